The average Bonchev–Trinajstić information content (AvgIpc) is 3.28. The van der Waals surface area contributed by atoms with Crippen molar-refractivity contribution in [3.8, 4) is 0 Å². The second-order valence-corrected chi connectivity index (χ2v) is 5.91. The number of likely N-dealkylation sites (N-methyl/N-ethyl adjacent to an activating group) is 1. The Bertz CT molecular complexity index is 581. The lowest BCUT2D eigenvalue weighted by atomic mass is 9.98. The van der Waals surface area contributed by atoms with E-state index in [2.05, 4.69) is 42.6 Å². The molecular weight excluding hydrogens is 261 g/mol. The van der Waals surface area contributed by atoms with E-state index in [1.807, 2.05) is 6.07 Å². The highest BCUT2D eigenvalue weighted by Crippen LogP contribution is 2.50. The summed E-state index contributed by atoms with van der Waals surface area (Å²) in [5.74, 6) is 1.18. The molecule has 110 valence electrons. The molecule has 2 aromatic carbocycles. The second-order valence-electron chi connectivity index (χ2n) is 5.91. The highest BCUT2D eigenvalue weighted by molar-refractivity contribution is 5.28. The zero-order valence-corrected chi connectivity index (χ0v) is 12.4. The number of rotatable bonds is 6. The zero-order valence-electron chi connectivity index (χ0n) is 12.4. The van der Waals surface area contributed by atoms with Gasteiger partial charge in [-0.05, 0) is 54.5 Å². The fourth-order valence-corrected chi connectivity index (χ4v) is 3.30. The molecule has 0 saturated heterocycles. The first-order valence-electron chi connectivity index (χ1n) is 7.80. The first-order valence-corrected chi connectivity index (χ1v) is 7.80. The third-order valence-corrected chi connectivity index (χ3v) is 4.40. The number of nitrogens with one attached hydrogen (secondary N) is 1. The van der Waals surface area contributed by atoms with E-state index in [1.165, 1.54) is 18.1 Å². The monoisotopic (exact) mass is 283 g/mol. The van der Waals surface area contributed by atoms with Gasteiger partial charge in [-0.15, -0.1) is 0 Å². The standard InChI is InChI=1S/C19H22FN/c1-2-21-19(12-14-7-6-10-16(20)11-14)18-13-17(18)15-8-4-3-5-9-15/h3-11,17-19,21H,2,12-13H2,1H3. The van der Waals surface area contributed by atoms with Crippen LogP contribution in [0.1, 0.15) is 30.4 Å². The highest BCUT2D eigenvalue weighted by atomic mass is 19.1. The second kappa shape index (κ2) is 6.40. The number of hydrogen-bond donors (Lipinski definition) is 1. The highest BCUT2D eigenvalue weighted by Gasteiger charge is 2.43. The SMILES string of the molecule is CCNC(Cc1cccc(F)c1)C1CC1c1ccccc1. The minimum atomic E-state index is -0.141. The van der Waals surface area contributed by atoms with Crippen molar-refractivity contribution >= 4 is 0 Å². The Balaban J connectivity index is 1.69. The Morgan fingerprint density at radius 3 is 2.67 bits per heavy atom. The van der Waals surface area contributed by atoms with Gasteiger partial charge in [0.2, 0.25) is 0 Å². The molecule has 2 aromatic rings. The summed E-state index contributed by atoms with van der Waals surface area (Å²) in [5.41, 5.74) is 2.52. The van der Waals surface area contributed by atoms with Crippen LogP contribution in [-0.2, 0) is 6.42 Å². The first kappa shape index (κ1) is 14.3. The largest absolute Gasteiger partial charge is 0.314 e. The zero-order chi connectivity index (χ0) is 14.7. The average molecular weight is 283 g/mol. The van der Waals surface area contributed by atoms with E-state index in [-0.39, 0.29) is 5.82 Å². The lowest BCUT2D eigenvalue weighted by Gasteiger charge is -2.18. The molecule has 1 N–H and O–H groups in total. The van der Waals surface area contributed by atoms with Gasteiger partial charge >= 0.3 is 0 Å². The molecule has 1 saturated carbocycles. The summed E-state index contributed by atoms with van der Waals surface area (Å²) >= 11 is 0. The topological polar surface area (TPSA) is 12.0 Å². The summed E-state index contributed by atoms with van der Waals surface area (Å²) in [4.78, 5) is 0. The van der Waals surface area contributed by atoms with Crippen LogP contribution in [0.15, 0.2) is 54.6 Å². The number of hydrogen-bond acceptors (Lipinski definition) is 1. The van der Waals surface area contributed by atoms with Gasteiger partial charge in [0.15, 0.2) is 0 Å². The van der Waals surface area contributed by atoms with E-state index in [1.54, 1.807) is 12.1 Å². The van der Waals surface area contributed by atoms with Gasteiger partial charge in [0.1, 0.15) is 5.82 Å². The molecule has 0 amide bonds. The van der Waals surface area contributed by atoms with Gasteiger partial charge < -0.3 is 5.32 Å². The van der Waals surface area contributed by atoms with Crippen molar-refractivity contribution < 1.29 is 4.39 Å². The van der Waals surface area contributed by atoms with Crippen LogP contribution < -0.4 is 5.32 Å². The van der Waals surface area contributed by atoms with Gasteiger partial charge in [0.05, 0.1) is 0 Å². The summed E-state index contributed by atoms with van der Waals surface area (Å²) in [6.07, 6.45) is 2.14. The van der Waals surface area contributed by atoms with Gasteiger partial charge in [-0.1, -0.05) is 49.4 Å². The molecule has 0 spiro atoms. The maximum Gasteiger partial charge on any atom is 0.123 e. The maximum absolute atomic E-state index is 13.3. The summed E-state index contributed by atoms with van der Waals surface area (Å²) < 4.78 is 13.3. The summed E-state index contributed by atoms with van der Waals surface area (Å²) in [5, 5.41) is 3.59. The third kappa shape index (κ3) is 3.51. The van der Waals surface area contributed by atoms with Crippen molar-refractivity contribution in [3.05, 3.63) is 71.5 Å². The van der Waals surface area contributed by atoms with Crippen molar-refractivity contribution in [2.45, 2.75) is 31.7 Å². The molecule has 0 radical (unpaired) electrons. The molecule has 1 nitrogen and oxygen atoms in total. The Kier molecular flexibility index (Phi) is 4.35. The Morgan fingerprint density at radius 1 is 1.14 bits per heavy atom. The predicted octanol–water partition coefficient (Wildman–Crippen LogP) is 4.15. The molecular formula is C19H22FN. The van der Waals surface area contributed by atoms with Gasteiger partial charge in [0.25, 0.3) is 0 Å². The van der Waals surface area contributed by atoms with Crippen LogP contribution in [0.2, 0.25) is 0 Å². The van der Waals surface area contributed by atoms with E-state index in [0.717, 1.165) is 18.5 Å². The molecule has 2 heteroatoms. The summed E-state index contributed by atoms with van der Waals surface area (Å²) in [6.45, 7) is 3.09. The van der Waals surface area contributed by atoms with Crippen molar-refractivity contribution in [1.29, 1.82) is 0 Å². The molecule has 0 heterocycles. The fraction of sp³-hybridized carbons (Fsp3) is 0.368. The number of halogens is 1. The van der Waals surface area contributed by atoms with Gasteiger partial charge in [-0.3, -0.25) is 0 Å². The number of benzene rings is 2. The minimum Gasteiger partial charge on any atom is -0.314 e. The molecule has 1 aliphatic rings. The Labute approximate surface area is 126 Å². The van der Waals surface area contributed by atoms with Crippen molar-refractivity contribution in [2.24, 2.45) is 5.92 Å². The smallest absolute Gasteiger partial charge is 0.123 e. The van der Waals surface area contributed by atoms with Gasteiger partial charge in [-0.2, -0.15) is 0 Å². The van der Waals surface area contributed by atoms with Crippen LogP contribution >= 0.6 is 0 Å². The molecule has 3 unspecified atom stereocenters. The lowest BCUT2D eigenvalue weighted by molar-refractivity contribution is 0.463. The van der Waals surface area contributed by atoms with E-state index in [0.29, 0.717) is 17.9 Å². The maximum atomic E-state index is 13.3. The molecule has 3 atom stereocenters. The van der Waals surface area contributed by atoms with Crippen LogP contribution in [0.25, 0.3) is 0 Å². The van der Waals surface area contributed by atoms with Crippen molar-refractivity contribution in [3.63, 3.8) is 0 Å². The fourth-order valence-electron chi connectivity index (χ4n) is 3.30. The van der Waals surface area contributed by atoms with E-state index >= 15 is 0 Å². The normalized spacial score (nSPS) is 22.0. The van der Waals surface area contributed by atoms with Crippen LogP contribution in [-0.4, -0.2) is 12.6 Å². The quantitative estimate of drug-likeness (QED) is 0.839. The van der Waals surface area contributed by atoms with Crippen molar-refractivity contribution in [2.75, 3.05) is 6.54 Å². The molecule has 1 aliphatic carbocycles. The lowest BCUT2D eigenvalue weighted by Crippen LogP contribution is -2.33. The van der Waals surface area contributed by atoms with Crippen LogP contribution in [0.3, 0.4) is 0 Å². The van der Waals surface area contributed by atoms with Crippen LogP contribution in [0.5, 0.6) is 0 Å². The molecule has 1 fully saturated rings. The van der Waals surface area contributed by atoms with E-state index in [9.17, 15) is 4.39 Å². The summed E-state index contributed by atoms with van der Waals surface area (Å²) in [6, 6.07) is 18.1. The Hall–Kier alpha value is -1.67. The third-order valence-electron chi connectivity index (χ3n) is 4.40. The molecule has 0 aliphatic heterocycles. The molecule has 0 bridgehead atoms. The molecule has 3 rings (SSSR count). The summed E-state index contributed by atoms with van der Waals surface area (Å²) in [7, 11) is 0. The molecule has 0 aromatic heterocycles. The van der Waals surface area contributed by atoms with Gasteiger partial charge in [0, 0.05) is 6.04 Å². The van der Waals surface area contributed by atoms with E-state index < -0.39 is 0 Å². The van der Waals surface area contributed by atoms with Crippen molar-refractivity contribution in [1.82, 2.24) is 5.32 Å². The van der Waals surface area contributed by atoms with Crippen LogP contribution in [0.4, 0.5) is 4.39 Å². The minimum absolute atomic E-state index is 0.141. The van der Waals surface area contributed by atoms with Gasteiger partial charge in [-0.25, -0.2) is 4.39 Å². The first-order chi connectivity index (χ1) is 10.3. The molecule has 21 heavy (non-hydrogen) atoms. The van der Waals surface area contributed by atoms with E-state index in [4.69, 9.17) is 0 Å². The Morgan fingerprint density at radius 2 is 1.95 bits per heavy atom. The van der Waals surface area contributed by atoms with Crippen LogP contribution in [0, 0.1) is 11.7 Å². The predicted molar refractivity (Wildman–Crippen MR) is 84.9 cm³/mol.